The van der Waals surface area contributed by atoms with Crippen molar-refractivity contribution in [3.05, 3.63) is 22.2 Å². The van der Waals surface area contributed by atoms with Gasteiger partial charge >= 0.3 is 5.97 Å². The van der Waals surface area contributed by atoms with Crippen LogP contribution in [0.1, 0.15) is 19.4 Å². The predicted molar refractivity (Wildman–Crippen MR) is 75.5 cm³/mol. The Balaban J connectivity index is 2.98. The second kappa shape index (κ2) is 6.25. The lowest BCUT2D eigenvalue weighted by Crippen LogP contribution is -2.30. The second-order valence-electron chi connectivity index (χ2n) is 4.79. The molecule has 0 aliphatic heterocycles. The molecule has 0 saturated carbocycles. The van der Waals surface area contributed by atoms with Gasteiger partial charge < -0.3 is 20.3 Å². The maximum Gasteiger partial charge on any atom is 0.312 e. The van der Waals surface area contributed by atoms with Gasteiger partial charge in [-0.3, -0.25) is 4.79 Å². The highest BCUT2D eigenvalue weighted by Crippen LogP contribution is 2.37. The number of hydrogen-bond acceptors (Lipinski definition) is 4. The largest absolute Gasteiger partial charge is 0.493 e. The number of nitrogens with two attached hydrogens (primary N) is 1. The highest BCUT2D eigenvalue weighted by atomic mass is 79.9. The summed E-state index contributed by atoms with van der Waals surface area (Å²) in [4.78, 5) is 11.0. The number of carboxylic acids is 1. The number of carboxylic acid groups (broad SMARTS) is 1. The van der Waals surface area contributed by atoms with Gasteiger partial charge in [0, 0.05) is 6.54 Å². The third-order valence-corrected chi connectivity index (χ3v) is 3.27. The summed E-state index contributed by atoms with van der Waals surface area (Å²) in [6.07, 6.45) is 0. The highest BCUT2D eigenvalue weighted by Gasteiger charge is 2.29. The maximum atomic E-state index is 11.0. The van der Waals surface area contributed by atoms with Crippen molar-refractivity contribution < 1.29 is 19.4 Å². The van der Waals surface area contributed by atoms with Crippen molar-refractivity contribution in [1.29, 1.82) is 0 Å². The minimum Gasteiger partial charge on any atom is -0.493 e. The molecule has 3 N–H and O–H groups in total. The summed E-state index contributed by atoms with van der Waals surface area (Å²) in [5.74, 6) is 0.0891. The first-order valence-electron chi connectivity index (χ1n) is 5.74. The number of methoxy groups -OCH3 is 1. The van der Waals surface area contributed by atoms with E-state index in [0.717, 1.165) is 5.56 Å². The molecule has 1 aromatic carbocycles. The summed E-state index contributed by atoms with van der Waals surface area (Å²) in [6.45, 7) is 3.63. The maximum absolute atomic E-state index is 11.0. The van der Waals surface area contributed by atoms with E-state index >= 15 is 0 Å². The van der Waals surface area contributed by atoms with E-state index in [0.29, 0.717) is 22.5 Å². The number of aliphatic carboxylic acids is 1. The first kappa shape index (κ1) is 15.8. The molecule has 0 aromatic heterocycles. The fourth-order valence-corrected chi connectivity index (χ4v) is 1.95. The Morgan fingerprint density at radius 3 is 2.58 bits per heavy atom. The smallest absolute Gasteiger partial charge is 0.312 e. The van der Waals surface area contributed by atoms with E-state index in [4.69, 9.17) is 20.3 Å². The van der Waals surface area contributed by atoms with Crippen LogP contribution in [0.3, 0.4) is 0 Å². The van der Waals surface area contributed by atoms with Gasteiger partial charge in [0.1, 0.15) is 6.61 Å². The SMILES string of the molecule is COc1cc(CN)cc(Br)c1OCC(C)(C)C(=O)O. The van der Waals surface area contributed by atoms with Gasteiger partial charge in [0.05, 0.1) is 17.0 Å². The van der Waals surface area contributed by atoms with Crippen molar-refractivity contribution in [2.24, 2.45) is 11.1 Å². The average Bonchev–Trinajstić information content (AvgIpc) is 2.36. The molecule has 0 bridgehead atoms. The Kier molecular flexibility index (Phi) is 5.20. The fourth-order valence-electron chi connectivity index (χ4n) is 1.35. The van der Waals surface area contributed by atoms with Gasteiger partial charge in [-0.25, -0.2) is 0 Å². The Morgan fingerprint density at radius 1 is 1.47 bits per heavy atom. The van der Waals surface area contributed by atoms with Crippen LogP contribution in [-0.4, -0.2) is 24.8 Å². The lowest BCUT2D eigenvalue weighted by atomic mass is 9.95. The Hall–Kier alpha value is -1.27. The average molecular weight is 332 g/mol. The first-order valence-corrected chi connectivity index (χ1v) is 6.53. The number of benzene rings is 1. The summed E-state index contributed by atoms with van der Waals surface area (Å²) >= 11 is 3.38. The molecule has 0 spiro atoms. The van der Waals surface area contributed by atoms with Crippen LogP contribution < -0.4 is 15.2 Å². The molecular formula is C13H18BrNO4. The molecule has 6 heteroatoms. The minimum atomic E-state index is -0.975. The summed E-state index contributed by atoms with van der Waals surface area (Å²) in [7, 11) is 1.53. The van der Waals surface area contributed by atoms with E-state index in [2.05, 4.69) is 15.9 Å². The van der Waals surface area contributed by atoms with E-state index < -0.39 is 11.4 Å². The third-order valence-electron chi connectivity index (χ3n) is 2.68. The Bertz CT molecular complexity index is 474. The number of hydrogen-bond donors (Lipinski definition) is 2. The topological polar surface area (TPSA) is 81.8 Å². The standard InChI is InChI=1S/C13H18BrNO4/c1-13(2,12(16)17)7-19-11-9(14)4-8(6-15)5-10(11)18-3/h4-5H,6-7,15H2,1-3H3,(H,16,17). The van der Waals surface area contributed by atoms with Crippen LogP contribution in [0, 0.1) is 5.41 Å². The fraction of sp³-hybridized carbons (Fsp3) is 0.462. The van der Waals surface area contributed by atoms with E-state index in [-0.39, 0.29) is 6.61 Å². The zero-order chi connectivity index (χ0) is 14.6. The van der Waals surface area contributed by atoms with Crippen LogP contribution in [0.25, 0.3) is 0 Å². The molecule has 0 aliphatic rings. The van der Waals surface area contributed by atoms with Gasteiger partial charge in [-0.1, -0.05) is 0 Å². The van der Waals surface area contributed by atoms with Crippen molar-refractivity contribution >= 4 is 21.9 Å². The lowest BCUT2D eigenvalue weighted by Gasteiger charge is -2.21. The Labute approximate surface area is 120 Å². The van der Waals surface area contributed by atoms with Gasteiger partial charge in [-0.05, 0) is 47.5 Å². The van der Waals surface area contributed by atoms with Gasteiger partial charge in [0.2, 0.25) is 0 Å². The van der Waals surface area contributed by atoms with Crippen molar-refractivity contribution in [2.45, 2.75) is 20.4 Å². The molecule has 1 aromatic rings. The molecule has 0 heterocycles. The van der Waals surface area contributed by atoms with Crippen LogP contribution >= 0.6 is 15.9 Å². The predicted octanol–water partition coefficient (Wildman–Crippen LogP) is 2.41. The minimum absolute atomic E-state index is 0.0409. The highest BCUT2D eigenvalue weighted by molar-refractivity contribution is 9.10. The molecule has 106 valence electrons. The van der Waals surface area contributed by atoms with E-state index in [1.54, 1.807) is 19.9 Å². The molecule has 0 saturated heterocycles. The molecule has 0 unspecified atom stereocenters. The van der Waals surface area contributed by atoms with Crippen molar-refractivity contribution in [2.75, 3.05) is 13.7 Å². The molecular weight excluding hydrogens is 314 g/mol. The monoisotopic (exact) mass is 331 g/mol. The number of ether oxygens (including phenoxy) is 2. The first-order chi connectivity index (χ1) is 8.81. The summed E-state index contributed by atoms with van der Waals surface area (Å²) < 4.78 is 11.5. The number of carbonyl (C=O) groups is 1. The van der Waals surface area contributed by atoms with Gasteiger partial charge in [0.25, 0.3) is 0 Å². The molecule has 1 rings (SSSR count). The van der Waals surface area contributed by atoms with E-state index in [9.17, 15) is 4.79 Å². The number of halogens is 1. The van der Waals surface area contributed by atoms with Crippen LogP contribution in [0.2, 0.25) is 0 Å². The van der Waals surface area contributed by atoms with Crippen LogP contribution in [-0.2, 0) is 11.3 Å². The molecule has 0 amide bonds. The summed E-state index contributed by atoms with van der Waals surface area (Å²) in [6, 6.07) is 3.60. The van der Waals surface area contributed by atoms with Gasteiger partial charge in [-0.2, -0.15) is 0 Å². The molecule has 5 nitrogen and oxygen atoms in total. The van der Waals surface area contributed by atoms with E-state index in [1.165, 1.54) is 7.11 Å². The van der Waals surface area contributed by atoms with Crippen LogP contribution in [0.5, 0.6) is 11.5 Å². The van der Waals surface area contributed by atoms with Crippen molar-refractivity contribution in [1.82, 2.24) is 0 Å². The Morgan fingerprint density at radius 2 is 2.11 bits per heavy atom. The van der Waals surface area contributed by atoms with E-state index in [1.807, 2.05) is 6.07 Å². The summed E-state index contributed by atoms with van der Waals surface area (Å²) in [5.41, 5.74) is 5.50. The number of rotatable bonds is 6. The molecule has 0 atom stereocenters. The van der Waals surface area contributed by atoms with Gasteiger partial charge in [0.15, 0.2) is 11.5 Å². The van der Waals surface area contributed by atoms with Gasteiger partial charge in [-0.15, -0.1) is 0 Å². The van der Waals surface area contributed by atoms with Crippen molar-refractivity contribution in [3.8, 4) is 11.5 Å². The van der Waals surface area contributed by atoms with Crippen LogP contribution in [0.15, 0.2) is 16.6 Å². The molecule has 0 aliphatic carbocycles. The summed E-state index contributed by atoms with van der Waals surface area (Å²) in [5, 5.41) is 9.06. The normalized spacial score (nSPS) is 11.2. The van der Waals surface area contributed by atoms with Crippen LogP contribution in [0.4, 0.5) is 0 Å². The van der Waals surface area contributed by atoms with Crippen molar-refractivity contribution in [3.63, 3.8) is 0 Å². The molecule has 0 radical (unpaired) electrons. The zero-order valence-electron chi connectivity index (χ0n) is 11.2. The molecule has 19 heavy (non-hydrogen) atoms. The third kappa shape index (κ3) is 3.84. The second-order valence-corrected chi connectivity index (χ2v) is 5.65. The molecule has 0 fully saturated rings. The zero-order valence-corrected chi connectivity index (χ0v) is 12.8. The quantitative estimate of drug-likeness (QED) is 0.836. The lowest BCUT2D eigenvalue weighted by molar-refractivity contribution is -0.148.